The number of carbonyl (C=O) groups is 2. The van der Waals surface area contributed by atoms with E-state index in [4.69, 9.17) is 12.2 Å². The highest BCUT2D eigenvalue weighted by atomic mass is 16.2. The molecule has 100 valence electrons. The van der Waals surface area contributed by atoms with Crippen LogP contribution in [0.3, 0.4) is 0 Å². The third-order valence-corrected chi connectivity index (χ3v) is 2.74. The van der Waals surface area contributed by atoms with Crippen molar-refractivity contribution >= 4 is 17.6 Å². The number of benzene rings is 1. The van der Waals surface area contributed by atoms with Crippen molar-refractivity contribution in [2.45, 2.75) is 13.8 Å². The fourth-order valence-corrected chi connectivity index (χ4v) is 1.59. The van der Waals surface area contributed by atoms with Crippen molar-refractivity contribution in [3.8, 4) is 12.3 Å². The number of nitrogens with one attached hydrogen (secondary N) is 1. The first-order valence-electron chi connectivity index (χ1n) is 5.99. The summed E-state index contributed by atoms with van der Waals surface area (Å²) in [6.45, 7) is 4.75. The molecule has 1 aromatic rings. The second-order valence-corrected chi connectivity index (χ2v) is 3.88. The van der Waals surface area contributed by atoms with Crippen molar-refractivity contribution in [1.82, 2.24) is 10.2 Å². The smallest absolute Gasteiger partial charge is 0.324 e. The van der Waals surface area contributed by atoms with E-state index in [-0.39, 0.29) is 0 Å². The third-order valence-electron chi connectivity index (χ3n) is 2.74. The number of urea groups is 1. The summed E-state index contributed by atoms with van der Waals surface area (Å²) in [4.78, 5) is 25.1. The van der Waals surface area contributed by atoms with Crippen LogP contribution in [0.4, 0.5) is 10.5 Å². The van der Waals surface area contributed by atoms with Gasteiger partial charge in [-0.15, -0.1) is 6.42 Å². The summed E-state index contributed by atoms with van der Waals surface area (Å²) in [5.41, 5.74) is 6.86. The van der Waals surface area contributed by atoms with Gasteiger partial charge in [0.25, 0.3) is 5.91 Å². The predicted octanol–water partition coefficient (Wildman–Crippen LogP) is 1.44. The monoisotopic (exact) mass is 259 g/mol. The third kappa shape index (κ3) is 3.49. The lowest BCUT2D eigenvalue weighted by Crippen LogP contribution is -2.42. The molecule has 1 rings (SSSR count). The van der Waals surface area contributed by atoms with Crippen LogP contribution in [0.25, 0.3) is 0 Å². The molecule has 0 aliphatic carbocycles. The number of imide groups is 1. The Bertz CT molecular complexity index is 528. The van der Waals surface area contributed by atoms with E-state index in [0.29, 0.717) is 29.9 Å². The van der Waals surface area contributed by atoms with Crippen molar-refractivity contribution in [2.24, 2.45) is 0 Å². The fourth-order valence-electron chi connectivity index (χ4n) is 1.59. The predicted molar refractivity (Wildman–Crippen MR) is 74.6 cm³/mol. The van der Waals surface area contributed by atoms with Crippen LogP contribution in [0.15, 0.2) is 18.2 Å². The topological polar surface area (TPSA) is 75.4 Å². The summed E-state index contributed by atoms with van der Waals surface area (Å²) in [5, 5.41) is 2.30. The number of nitrogen functional groups attached to an aromatic ring is 1. The highest BCUT2D eigenvalue weighted by Gasteiger charge is 2.15. The van der Waals surface area contributed by atoms with E-state index < -0.39 is 11.9 Å². The molecule has 19 heavy (non-hydrogen) atoms. The van der Waals surface area contributed by atoms with Gasteiger partial charge < -0.3 is 10.6 Å². The molecule has 1 aromatic carbocycles. The molecule has 0 aliphatic rings. The van der Waals surface area contributed by atoms with Crippen molar-refractivity contribution < 1.29 is 9.59 Å². The number of anilines is 1. The van der Waals surface area contributed by atoms with Crippen LogP contribution in [-0.4, -0.2) is 29.9 Å². The zero-order valence-electron chi connectivity index (χ0n) is 11.1. The molecule has 0 aromatic heterocycles. The van der Waals surface area contributed by atoms with E-state index in [9.17, 15) is 9.59 Å². The van der Waals surface area contributed by atoms with E-state index >= 15 is 0 Å². The maximum absolute atomic E-state index is 11.9. The minimum atomic E-state index is -0.493. The van der Waals surface area contributed by atoms with E-state index in [0.717, 1.165) is 0 Å². The molecule has 0 spiro atoms. The van der Waals surface area contributed by atoms with E-state index in [1.807, 2.05) is 13.8 Å². The number of amides is 3. The van der Waals surface area contributed by atoms with Gasteiger partial charge in [0.15, 0.2) is 0 Å². The highest BCUT2D eigenvalue weighted by Crippen LogP contribution is 2.13. The summed E-state index contributed by atoms with van der Waals surface area (Å²) in [5.74, 6) is 1.91. The number of hydrogen-bond acceptors (Lipinski definition) is 3. The molecule has 5 heteroatoms. The van der Waals surface area contributed by atoms with E-state index in [1.165, 1.54) is 17.0 Å². The van der Waals surface area contributed by atoms with Crippen molar-refractivity contribution in [3.05, 3.63) is 29.3 Å². The minimum absolute atomic E-state index is 0.303. The van der Waals surface area contributed by atoms with Gasteiger partial charge in [-0.05, 0) is 32.0 Å². The maximum atomic E-state index is 11.9. The molecular weight excluding hydrogens is 242 g/mol. The lowest BCUT2D eigenvalue weighted by molar-refractivity contribution is 0.0953. The number of nitrogens with two attached hydrogens (primary N) is 1. The van der Waals surface area contributed by atoms with Crippen LogP contribution >= 0.6 is 0 Å². The van der Waals surface area contributed by atoms with Gasteiger partial charge in [-0.2, -0.15) is 0 Å². The molecule has 3 amide bonds. The molecule has 3 N–H and O–H groups in total. The molecule has 0 saturated heterocycles. The van der Waals surface area contributed by atoms with Gasteiger partial charge in [-0.3, -0.25) is 10.1 Å². The zero-order chi connectivity index (χ0) is 14.4. The van der Waals surface area contributed by atoms with Crippen LogP contribution < -0.4 is 11.1 Å². The normalized spacial score (nSPS) is 9.53. The Morgan fingerprint density at radius 2 is 2.00 bits per heavy atom. The number of nitrogens with zero attached hydrogens (tertiary/aromatic N) is 1. The van der Waals surface area contributed by atoms with Crippen LogP contribution in [0, 0.1) is 12.3 Å². The average Bonchev–Trinajstić information content (AvgIpc) is 2.39. The fraction of sp³-hybridized carbons (Fsp3) is 0.286. The lowest BCUT2D eigenvalue weighted by Gasteiger charge is -2.18. The minimum Gasteiger partial charge on any atom is -0.398 e. The van der Waals surface area contributed by atoms with E-state index in [1.54, 1.807) is 6.07 Å². The SMILES string of the molecule is C#Cc1ccc(C(=O)NC(=O)N(CC)CC)cc1N. The quantitative estimate of drug-likeness (QED) is 0.637. The van der Waals surface area contributed by atoms with Crippen molar-refractivity contribution in [1.29, 1.82) is 0 Å². The second kappa shape index (κ2) is 6.45. The average molecular weight is 259 g/mol. The van der Waals surface area contributed by atoms with Gasteiger partial charge in [0, 0.05) is 29.9 Å². The van der Waals surface area contributed by atoms with Crippen LogP contribution in [-0.2, 0) is 0 Å². The number of terminal acetylenes is 1. The standard InChI is InChI=1S/C14H17N3O2/c1-4-10-7-8-11(9-12(10)15)13(18)16-14(19)17(5-2)6-3/h1,7-9H,5-6,15H2,2-3H3,(H,16,18,19). The second-order valence-electron chi connectivity index (χ2n) is 3.88. The summed E-state index contributed by atoms with van der Waals surface area (Å²) in [6.07, 6.45) is 5.24. The van der Waals surface area contributed by atoms with Crippen LogP contribution in [0.1, 0.15) is 29.8 Å². The van der Waals surface area contributed by atoms with Crippen LogP contribution in [0.5, 0.6) is 0 Å². The first-order valence-corrected chi connectivity index (χ1v) is 5.99. The Balaban J connectivity index is 2.82. The maximum Gasteiger partial charge on any atom is 0.324 e. The molecule has 0 saturated carbocycles. The Hall–Kier alpha value is -2.48. The number of rotatable bonds is 3. The van der Waals surface area contributed by atoms with Gasteiger partial charge in [0.2, 0.25) is 0 Å². The number of hydrogen-bond donors (Lipinski definition) is 2. The largest absolute Gasteiger partial charge is 0.398 e. The Kier molecular flexibility index (Phi) is 4.95. The van der Waals surface area contributed by atoms with Gasteiger partial charge in [-0.1, -0.05) is 5.92 Å². The van der Waals surface area contributed by atoms with Gasteiger partial charge in [0.05, 0.1) is 0 Å². The Morgan fingerprint density at radius 1 is 1.37 bits per heavy atom. The highest BCUT2D eigenvalue weighted by molar-refractivity contribution is 6.04. The molecule has 0 bridgehead atoms. The molecule has 0 atom stereocenters. The van der Waals surface area contributed by atoms with Crippen molar-refractivity contribution in [3.63, 3.8) is 0 Å². The molecule has 0 fully saturated rings. The molecule has 0 radical (unpaired) electrons. The number of carbonyl (C=O) groups excluding carboxylic acids is 2. The summed E-state index contributed by atoms with van der Waals surface area (Å²) >= 11 is 0. The molecular formula is C14H17N3O2. The van der Waals surface area contributed by atoms with Crippen molar-refractivity contribution in [2.75, 3.05) is 18.8 Å². The van der Waals surface area contributed by atoms with Gasteiger partial charge >= 0.3 is 6.03 Å². The summed E-state index contributed by atoms with van der Waals surface area (Å²) < 4.78 is 0. The van der Waals surface area contributed by atoms with Gasteiger partial charge in [-0.25, -0.2) is 4.79 Å². The molecule has 0 heterocycles. The molecule has 0 aliphatic heterocycles. The molecule has 0 unspecified atom stereocenters. The molecule has 5 nitrogen and oxygen atoms in total. The Labute approximate surface area is 112 Å². The lowest BCUT2D eigenvalue weighted by atomic mass is 10.1. The van der Waals surface area contributed by atoms with E-state index in [2.05, 4.69) is 11.2 Å². The summed E-state index contributed by atoms with van der Waals surface area (Å²) in [6, 6.07) is 4.15. The first-order chi connectivity index (χ1) is 9.03. The first kappa shape index (κ1) is 14.6. The zero-order valence-corrected chi connectivity index (χ0v) is 11.1. The van der Waals surface area contributed by atoms with Crippen LogP contribution in [0.2, 0.25) is 0 Å². The Morgan fingerprint density at radius 3 is 2.47 bits per heavy atom. The van der Waals surface area contributed by atoms with Gasteiger partial charge in [0.1, 0.15) is 0 Å². The summed E-state index contributed by atoms with van der Waals surface area (Å²) in [7, 11) is 0.